The summed E-state index contributed by atoms with van der Waals surface area (Å²) < 4.78 is 30.5. The molecule has 0 bridgehead atoms. The van der Waals surface area contributed by atoms with Gasteiger partial charge in [-0.15, -0.1) is 5.10 Å². The molecule has 0 aliphatic carbocycles. The largest absolute Gasteiger partial charge is 0.376 e. The number of rotatable bonds is 8. The minimum atomic E-state index is -3.80. The monoisotopic (exact) mass is 598 g/mol. The van der Waals surface area contributed by atoms with E-state index in [-0.39, 0.29) is 17.9 Å². The third-order valence-electron chi connectivity index (χ3n) is 6.73. The minimum absolute atomic E-state index is 0.0140. The smallest absolute Gasteiger partial charge is 0.273 e. The van der Waals surface area contributed by atoms with Crippen LogP contribution < -0.4 is 10.0 Å². The van der Waals surface area contributed by atoms with Gasteiger partial charge in [-0.1, -0.05) is 41.6 Å². The number of sulfonamides is 1. The Hall–Kier alpha value is -4.93. The van der Waals surface area contributed by atoms with Gasteiger partial charge in [-0.05, 0) is 79.6 Å². The molecule has 1 aromatic heterocycles. The van der Waals surface area contributed by atoms with Crippen molar-refractivity contribution in [1.29, 1.82) is 5.26 Å². The molecular weight excluding hydrogens is 568 g/mol. The molecule has 13 heteroatoms. The lowest BCUT2D eigenvalue weighted by Crippen LogP contribution is -2.47. The molecule has 0 saturated heterocycles. The average Bonchev–Trinajstić information content (AvgIpc) is 3.64. The number of carbonyl (C=O) groups is 1. The van der Waals surface area contributed by atoms with Gasteiger partial charge in [0.25, 0.3) is 5.91 Å². The van der Waals surface area contributed by atoms with E-state index in [0.29, 0.717) is 39.2 Å². The Balaban J connectivity index is 1.42. The van der Waals surface area contributed by atoms with Crippen molar-refractivity contribution in [2.45, 2.75) is 56.7 Å². The Labute approximate surface area is 249 Å². The number of nitrogens with one attached hydrogen (secondary N) is 2. The van der Waals surface area contributed by atoms with E-state index in [1.165, 1.54) is 11.0 Å². The van der Waals surface area contributed by atoms with Crippen molar-refractivity contribution in [2.75, 3.05) is 5.32 Å². The van der Waals surface area contributed by atoms with Gasteiger partial charge in [0.05, 0.1) is 28.8 Å². The lowest BCUT2D eigenvalue weighted by atomic mass is 9.92. The molecule has 1 amide bonds. The second-order valence-electron chi connectivity index (χ2n) is 11.3. The lowest BCUT2D eigenvalue weighted by molar-refractivity contribution is -0.140. The summed E-state index contributed by atoms with van der Waals surface area (Å²) in [4.78, 5) is 19.8. The lowest BCUT2D eigenvalue weighted by Gasteiger charge is -2.25. The topological polar surface area (TPSA) is 164 Å². The number of nitriles is 1. The van der Waals surface area contributed by atoms with Crippen LogP contribution in [0.1, 0.15) is 43.9 Å². The molecule has 3 aromatic carbocycles. The minimum Gasteiger partial charge on any atom is -0.376 e. The number of amides is 1. The van der Waals surface area contributed by atoms with Crippen molar-refractivity contribution in [3.63, 3.8) is 0 Å². The van der Waals surface area contributed by atoms with Gasteiger partial charge in [-0.2, -0.15) is 5.26 Å². The van der Waals surface area contributed by atoms with Gasteiger partial charge in [-0.25, -0.2) is 17.8 Å². The van der Waals surface area contributed by atoms with Crippen LogP contribution in [0.5, 0.6) is 0 Å². The normalized spacial score (nSPS) is 16.7. The standard InChI is InChI=1S/C30H30N8O4S/c1-20-14-22(24-10-5-6-11-27(24)43(40,41)35-29(2,3)4)12-13-25(20)33-28(39)30(18-38-19-32-36-37-38)16-26(34-42-30)23-9-7-8-21(15-23)17-31/h5-15,19,35H,16,18H2,1-4H3,(H,33,39). The van der Waals surface area contributed by atoms with Crippen LogP contribution >= 0.6 is 0 Å². The van der Waals surface area contributed by atoms with Crippen LogP contribution in [0.25, 0.3) is 11.1 Å². The van der Waals surface area contributed by atoms with E-state index in [0.717, 1.165) is 0 Å². The highest BCUT2D eigenvalue weighted by molar-refractivity contribution is 7.89. The zero-order valence-electron chi connectivity index (χ0n) is 24.1. The summed E-state index contributed by atoms with van der Waals surface area (Å²) in [5.74, 6) is -0.466. The molecule has 2 N–H and O–H groups in total. The number of tetrazole rings is 1. The summed E-state index contributed by atoms with van der Waals surface area (Å²) in [6.45, 7) is 7.16. The fraction of sp³-hybridized carbons (Fsp3) is 0.267. The number of oxime groups is 1. The molecule has 0 fully saturated rings. The maximum Gasteiger partial charge on any atom is 0.273 e. The highest BCUT2D eigenvalue weighted by Gasteiger charge is 2.48. The molecule has 4 aromatic rings. The van der Waals surface area contributed by atoms with Gasteiger partial charge >= 0.3 is 0 Å². The average molecular weight is 599 g/mol. The van der Waals surface area contributed by atoms with E-state index in [2.05, 4.69) is 36.8 Å². The first kappa shape index (κ1) is 29.6. The number of aryl methyl sites for hydroxylation is 1. The van der Waals surface area contributed by atoms with E-state index in [1.54, 1.807) is 81.4 Å². The van der Waals surface area contributed by atoms with Crippen molar-refractivity contribution >= 4 is 27.3 Å². The van der Waals surface area contributed by atoms with E-state index in [1.807, 2.05) is 13.0 Å². The number of benzene rings is 3. The summed E-state index contributed by atoms with van der Waals surface area (Å²) in [7, 11) is -3.80. The summed E-state index contributed by atoms with van der Waals surface area (Å²) in [5, 5.41) is 27.7. The second kappa shape index (κ2) is 11.4. The Bertz CT molecular complexity index is 1860. The zero-order valence-corrected chi connectivity index (χ0v) is 24.9. The number of hydrogen-bond donors (Lipinski definition) is 2. The van der Waals surface area contributed by atoms with Crippen molar-refractivity contribution in [3.8, 4) is 17.2 Å². The molecule has 1 aliphatic rings. The molecule has 0 spiro atoms. The van der Waals surface area contributed by atoms with Crippen molar-refractivity contribution in [2.24, 2.45) is 5.16 Å². The van der Waals surface area contributed by atoms with Gasteiger partial charge in [-0.3, -0.25) is 4.79 Å². The molecule has 5 rings (SSSR count). The maximum absolute atomic E-state index is 13.9. The summed E-state index contributed by atoms with van der Waals surface area (Å²) in [6, 6.07) is 21.1. The van der Waals surface area contributed by atoms with Crippen LogP contribution in [0.2, 0.25) is 0 Å². The fourth-order valence-electron chi connectivity index (χ4n) is 4.80. The van der Waals surface area contributed by atoms with Gasteiger partial charge in [0.15, 0.2) is 0 Å². The van der Waals surface area contributed by atoms with Crippen LogP contribution in [-0.2, 0) is 26.2 Å². The first-order chi connectivity index (χ1) is 20.4. The maximum atomic E-state index is 13.9. The summed E-state index contributed by atoms with van der Waals surface area (Å²) >= 11 is 0. The molecular formula is C30H30N8O4S. The van der Waals surface area contributed by atoms with E-state index >= 15 is 0 Å². The fourth-order valence-corrected chi connectivity index (χ4v) is 6.45. The first-order valence-electron chi connectivity index (χ1n) is 13.4. The molecule has 1 unspecified atom stereocenters. The Morgan fingerprint density at radius 3 is 2.58 bits per heavy atom. The van der Waals surface area contributed by atoms with Crippen molar-refractivity contribution < 1.29 is 18.0 Å². The van der Waals surface area contributed by atoms with E-state index < -0.39 is 27.1 Å². The van der Waals surface area contributed by atoms with Gasteiger partial charge < -0.3 is 10.2 Å². The molecule has 12 nitrogen and oxygen atoms in total. The summed E-state index contributed by atoms with van der Waals surface area (Å²) in [5.41, 5.74) is 1.94. The number of anilines is 1. The number of hydrogen-bond acceptors (Lipinski definition) is 9. The molecule has 43 heavy (non-hydrogen) atoms. The predicted molar refractivity (Wildman–Crippen MR) is 159 cm³/mol. The third kappa shape index (κ3) is 6.45. The Morgan fingerprint density at radius 2 is 1.88 bits per heavy atom. The number of aromatic nitrogens is 4. The molecule has 0 radical (unpaired) electrons. The highest BCUT2D eigenvalue weighted by atomic mass is 32.2. The summed E-state index contributed by atoms with van der Waals surface area (Å²) in [6.07, 6.45) is 1.49. The Kier molecular flexibility index (Phi) is 7.83. The number of nitrogens with zero attached hydrogens (tertiary/aromatic N) is 6. The van der Waals surface area contributed by atoms with Crippen LogP contribution in [-0.4, -0.2) is 51.4 Å². The molecule has 2 heterocycles. The number of carbonyl (C=O) groups excluding carboxylic acids is 1. The van der Waals surface area contributed by atoms with E-state index in [4.69, 9.17) is 4.84 Å². The van der Waals surface area contributed by atoms with Crippen molar-refractivity contribution in [3.05, 3.63) is 89.7 Å². The second-order valence-corrected chi connectivity index (χ2v) is 13.0. The van der Waals surface area contributed by atoms with Crippen LogP contribution in [0.15, 0.2) is 83.1 Å². The van der Waals surface area contributed by atoms with Crippen molar-refractivity contribution in [1.82, 2.24) is 24.9 Å². The van der Waals surface area contributed by atoms with Crippen LogP contribution in [0, 0.1) is 18.3 Å². The molecule has 1 aliphatic heterocycles. The SMILES string of the molecule is Cc1cc(-c2ccccc2S(=O)(=O)NC(C)(C)C)ccc1NC(=O)C1(Cn2cnnn2)CC(c2cccc(C#N)c2)=NO1. The van der Waals surface area contributed by atoms with Crippen LogP contribution in [0.4, 0.5) is 5.69 Å². The quantitative estimate of drug-likeness (QED) is 0.309. The molecule has 0 saturated carbocycles. The van der Waals surface area contributed by atoms with Gasteiger partial charge in [0.1, 0.15) is 6.33 Å². The third-order valence-corrected chi connectivity index (χ3v) is 8.55. The highest BCUT2D eigenvalue weighted by Crippen LogP contribution is 2.33. The molecule has 220 valence electrons. The first-order valence-corrected chi connectivity index (χ1v) is 14.9. The Morgan fingerprint density at radius 1 is 1.09 bits per heavy atom. The van der Waals surface area contributed by atoms with Gasteiger partial charge in [0, 0.05) is 28.8 Å². The predicted octanol–water partition coefficient (Wildman–Crippen LogP) is 3.80. The molecule has 1 atom stereocenters. The van der Waals surface area contributed by atoms with E-state index in [9.17, 15) is 18.5 Å². The zero-order chi connectivity index (χ0) is 30.8. The van der Waals surface area contributed by atoms with Crippen LogP contribution in [0.3, 0.4) is 0 Å². The van der Waals surface area contributed by atoms with Gasteiger partial charge in [0.2, 0.25) is 15.6 Å².